The zero-order valence-electron chi connectivity index (χ0n) is 9.11. The van der Waals surface area contributed by atoms with Crippen LogP contribution in [0.2, 0.25) is 0 Å². The van der Waals surface area contributed by atoms with Crippen molar-refractivity contribution in [3.8, 4) is 0 Å². The van der Waals surface area contributed by atoms with Crippen molar-refractivity contribution in [3.63, 3.8) is 0 Å². The van der Waals surface area contributed by atoms with Crippen LogP contribution in [0.4, 0.5) is 14.5 Å². The molecule has 0 fully saturated rings. The summed E-state index contributed by atoms with van der Waals surface area (Å²) in [5, 5.41) is 8.79. The lowest BCUT2D eigenvalue weighted by Gasteiger charge is -2.03. The Labute approximate surface area is 106 Å². The summed E-state index contributed by atoms with van der Waals surface area (Å²) in [5.74, 6) is -1.56. The average molecular weight is 269 g/mol. The van der Waals surface area contributed by atoms with Crippen LogP contribution < -0.4 is 5.32 Å². The smallest absolute Gasteiger partial charge is 0.234 e. The minimum atomic E-state index is -0.670. The quantitative estimate of drug-likeness (QED) is 0.838. The number of aromatic nitrogens is 2. The Balaban J connectivity index is 1.89. The van der Waals surface area contributed by atoms with Crippen molar-refractivity contribution >= 4 is 23.4 Å². The second-order valence-electron chi connectivity index (χ2n) is 3.40. The predicted octanol–water partition coefficient (Wildman–Crippen LogP) is 2.42. The lowest BCUT2D eigenvalue weighted by Crippen LogP contribution is -2.13. The van der Waals surface area contributed by atoms with Gasteiger partial charge in [-0.25, -0.2) is 8.78 Å². The molecule has 18 heavy (non-hydrogen) atoms. The number of rotatable bonds is 4. The van der Waals surface area contributed by atoms with E-state index in [1.54, 1.807) is 0 Å². The number of amides is 1. The van der Waals surface area contributed by atoms with E-state index >= 15 is 0 Å². The first-order chi connectivity index (χ1) is 8.65. The molecule has 1 amide bonds. The average Bonchev–Trinajstić information content (AvgIpc) is 2.80. The molecule has 0 saturated carbocycles. The van der Waals surface area contributed by atoms with Crippen LogP contribution in [0.5, 0.6) is 0 Å². The van der Waals surface area contributed by atoms with Crippen LogP contribution in [0.3, 0.4) is 0 Å². The van der Waals surface area contributed by atoms with Crippen molar-refractivity contribution in [2.24, 2.45) is 0 Å². The Morgan fingerprint density at radius 2 is 2.28 bits per heavy atom. The van der Waals surface area contributed by atoms with E-state index in [-0.39, 0.29) is 16.6 Å². The maximum atomic E-state index is 13.3. The van der Waals surface area contributed by atoms with Crippen LogP contribution in [0, 0.1) is 11.6 Å². The highest BCUT2D eigenvalue weighted by molar-refractivity contribution is 8.00. The summed E-state index contributed by atoms with van der Waals surface area (Å²) >= 11 is 1.00. The van der Waals surface area contributed by atoms with Crippen molar-refractivity contribution in [1.29, 1.82) is 0 Å². The molecule has 94 valence electrons. The number of nitrogens with zero attached hydrogens (tertiary/aromatic N) is 1. The molecule has 0 atom stereocenters. The van der Waals surface area contributed by atoms with E-state index in [2.05, 4.69) is 15.5 Å². The Kier molecular flexibility index (Phi) is 3.93. The van der Waals surface area contributed by atoms with Crippen LogP contribution >= 0.6 is 11.8 Å². The van der Waals surface area contributed by atoms with Gasteiger partial charge in [0.25, 0.3) is 0 Å². The summed E-state index contributed by atoms with van der Waals surface area (Å²) in [6.07, 6.45) is 2.99. The van der Waals surface area contributed by atoms with E-state index in [1.807, 2.05) is 0 Å². The van der Waals surface area contributed by atoms with Crippen molar-refractivity contribution < 1.29 is 13.6 Å². The fourth-order valence-electron chi connectivity index (χ4n) is 1.25. The maximum Gasteiger partial charge on any atom is 0.234 e. The number of carbonyl (C=O) groups is 1. The molecule has 1 heterocycles. The van der Waals surface area contributed by atoms with Crippen LogP contribution in [-0.4, -0.2) is 21.9 Å². The Hall–Kier alpha value is -1.89. The maximum absolute atomic E-state index is 13.3. The Morgan fingerprint density at radius 1 is 1.44 bits per heavy atom. The standard InChI is InChI=1S/C11H9F2N3OS/c12-7-1-2-10(9(13)3-7)18-6-11(17)16-8-4-14-15-5-8/h1-5H,6H2,(H,14,15)(H,16,17). The molecule has 0 aliphatic carbocycles. The number of hydrogen-bond donors (Lipinski definition) is 2. The molecular formula is C11H9F2N3OS. The highest BCUT2D eigenvalue weighted by Crippen LogP contribution is 2.22. The molecule has 4 nitrogen and oxygen atoms in total. The molecule has 0 aliphatic rings. The van der Waals surface area contributed by atoms with E-state index in [1.165, 1.54) is 18.5 Å². The van der Waals surface area contributed by atoms with Crippen LogP contribution in [0.1, 0.15) is 0 Å². The number of benzene rings is 1. The van der Waals surface area contributed by atoms with Crippen LogP contribution in [0.25, 0.3) is 0 Å². The molecule has 2 aromatic rings. The lowest BCUT2D eigenvalue weighted by atomic mass is 10.3. The van der Waals surface area contributed by atoms with Crippen molar-refractivity contribution in [2.75, 3.05) is 11.1 Å². The first-order valence-electron chi connectivity index (χ1n) is 5.01. The second-order valence-corrected chi connectivity index (χ2v) is 4.42. The zero-order valence-corrected chi connectivity index (χ0v) is 9.93. The van der Waals surface area contributed by atoms with E-state index in [9.17, 15) is 13.6 Å². The van der Waals surface area contributed by atoms with Gasteiger partial charge in [-0.05, 0) is 12.1 Å². The molecule has 0 unspecified atom stereocenters. The third-order valence-electron chi connectivity index (χ3n) is 2.03. The first kappa shape index (κ1) is 12.6. The van der Waals surface area contributed by atoms with Gasteiger partial charge in [0, 0.05) is 17.2 Å². The molecule has 1 aromatic carbocycles. The summed E-state index contributed by atoms with van der Waals surface area (Å²) in [6, 6.07) is 3.25. The third kappa shape index (κ3) is 3.30. The minimum absolute atomic E-state index is 0.0354. The number of halogens is 2. The summed E-state index contributed by atoms with van der Waals surface area (Å²) < 4.78 is 25.9. The number of hydrogen-bond acceptors (Lipinski definition) is 3. The largest absolute Gasteiger partial charge is 0.323 e. The number of carbonyl (C=O) groups excluding carboxylic acids is 1. The molecule has 0 saturated heterocycles. The fourth-order valence-corrected chi connectivity index (χ4v) is 1.97. The van der Waals surface area contributed by atoms with Gasteiger partial charge in [-0.2, -0.15) is 5.10 Å². The first-order valence-corrected chi connectivity index (χ1v) is 6.00. The van der Waals surface area contributed by atoms with Gasteiger partial charge in [0.15, 0.2) is 0 Å². The highest BCUT2D eigenvalue weighted by atomic mass is 32.2. The zero-order chi connectivity index (χ0) is 13.0. The van der Waals surface area contributed by atoms with Gasteiger partial charge in [0.05, 0.1) is 17.6 Å². The van der Waals surface area contributed by atoms with Crippen LogP contribution in [0.15, 0.2) is 35.5 Å². The number of H-pyrrole nitrogens is 1. The van der Waals surface area contributed by atoms with E-state index in [0.29, 0.717) is 5.69 Å². The number of anilines is 1. The van der Waals surface area contributed by atoms with E-state index in [4.69, 9.17) is 0 Å². The summed E-state index contributed by atoms with van der Waals surface area (Å²) in [4.78, 5) is 11.7. The SMILES string of the molecule is O=C(CSc1ccc(F)cc1F)Nc1cn[nH]c1. The topological polar surface area (TPSA) is 57.8 Å². The van der Waals surface area contributed by atoms with Crippen molar-refractivity contribution in [3.05, 3.63) is 42.2 Å². The minimum Gasteiger partial charge on any atom is -0.323 e. The normalized spacial score (nSPS) is 10.3. The van der Waals surface area contributed by atoms with Gasteiger partial charge in [-0.3, -0.25) is 9.89 Å². The summed E-state index contributed by atoms with van der Waals surface area (Å²) in [7, 11) is 0. The Bertz CT molecular complexity index is 545. The van der Waals surface area contributed by atoms with Crippen LogP contribution in [-0.2, 0) is 4.79 Å². The van der Waals surface area contributed by atoms with Crippen molar-refractivity contribution in [2.45, 2.75) is 4.90 Å². The molecule has 0 aliphatic heterocycles. The second kappa shape index (κ2) is 5.63. The number of aromatic amines is 1. The van der Waals surface area contributed by atoms with E-state index in [0.717, 1.165) is 23.9 Å². The van der Waals surface area contributed by atoms with Crippen molar-refractivity contribution in [1.82, 2.24) is 10.2 Å². The molecule has 0 spiro atoms. The Morgan fingerprint density at radius 3 is 2.94 bits per heavy atom. The van der Waals surface area contributed by atoms with Gasteiger partial charge in [0.1, 0.15) is 11.6 Å². The molecule has 2 rings (SSSR count). The predicted molar refractivity (Wildman–Crippen MR) is 64.3 cm³/mol. The number of nitrogens with one attached hydrogen (secondary N) is 2. The van der Waals surface area contributed by atoms with Gasteiger partial charge >= 0.3 is 0 Å². The van der Waals surface area contributed by atoms with Gasteiger partial charge in [0.2, 0.25) is 5.91 Å². The molecule has 0 radical (unpaired) electrons. The molecule has 1 aromatic heterocycles. The fraction of sp³-hybridized carbons (Fsp3) is 0.0909. The monoisotopic (exact) mass is 269 g/mol. The highest BCUT2D eigenvalue weighted by Gasteiger charge is 2.08. The summed E-state index contributed by atoms with van der Waals surface area (Å²) in [6.45, 7) is 0. The molecule has 2 N–H and O–H groups in total. The van der Waals surface area contributed by atoms with Gasteiger partial charge in [-0.1, -0.05) is 0 Å². The summed E-state index contributed by atoms with van der Waals surface area (Å²) in [5.41, 5.74) is 0.542. The van der Waals surface area contributed by atoms with Gasteiger partial charge in [-0.15, -0.1) is 11.8 Å². The van der Waals surface area contributed by atoms with Gasteiger partial charge < -0.3 is 5.32 Å². The lowest BCUT2D eigenvalue weighted by molar-refractivity contribution is -0.113. The van der Waals surface area contributed by atoms with E-state index < -0.39 is 11.6 Å². The molecular weight excluding hydrogens is 260 g/mol. The third-order valence-corrected chi connectivity index (χ3v) is 3.08. The molecule has 0 bridgehead atoms. The number of thioether (sulfide) groups is 1. The molecule has 7 heteroatoms.